The van der Waals surface area contributed by atoms with Crippen LogP contribution in [0.3, 0.4) is 0 Å². The first kappa shape index (κ1) is 23.6. The Morgan fingerprint density at radius 3 is 2.53 bits per heavy atom. The highest BCUT2D eigenvalue weighted by molar-refractivity contribution is 7.80. The third-order valence-electron chi connectivity index (χ3n) is 4.23. The van der Waals surface area contributed by atoms with E-state index < -0.39 is 17.9 Å². The summed E-state index contributed by atoms with van der Waals surface area (Å²) in [5, 5.41) is 4.93. The quantitative estimate of drug-likeness (QED) is 0.356. The van der Waals surface area contributed by atoms with Gasteiger partial charge in [0.25, 0.3) is 11.8 Å². The Kier molecular flexibility index (Phi) is 8.10. The molecule has 0 radical (unpaired) electrons. The van der Waals surface area contributed by atoms with Crippen molar-refractivity contribution in [2.24, 2.45) is 0 Å². The van der Waals surface area contributed by atoms with Gasteiger partial charge in [-0.15, -0.1) is 0 Å². The first-order valence-corrected chi connectivity index (χ1v) is 10.6. The lowest BCUT2D eigenvalue weighted by atomic mass is 10.1. The zero-order chi connectivity index (χ0) is 23.1. The molecule has 3 rings (SSSR count). The van der Waals surface area contributed by atoms with E-state index in [9.17, 15) is 9.59 Å². The molecule has 3 aromatic carbocycles. The second-order valence-electron chi connectivity index (χ2n) is 6.59. The smallest absolute Gasteiger partial charge is 0.276 e. The van der Waals surface area contributed by atoms with Gasteiger partial charge in [0.15, 0.2) is 17.8 Å². The van der Waals surface area contributed by atoms with Gasteiger partial charge in [-0.05, 0) is 48.8 Å². The van der Waals surface area contributed by atoms with Gasteiger partial charge in [-0.3, -0.25) is 25.8 Å². The second-order valence-corrected chi connectivity index (χ2v) is 7.84. The first-order valence-electron chi connectivity index (χ1n) is 9.45. The lowest BCUT2D eigenvalue weighted by molar-refractivity contribution is -0.126. The van der Waals surface area contributed by atoms with Gasteiger partial charge in [-0.1, -0.05) is 59.6 Å². The number of rotatable bonds is 6. The van der Waals surface area contributed by atoms with Crippen molar-refractivity contribution in [1.29, 1.82) is 0 Å². The van der Waals surface area contributed by atoms with E-state index in [1.807, 2.05) is 36.4 Å². The summed E-state index contributed by atoms with van der Waals surface area (Å²) in [6.45, 7) is 1.28. The molecule has 10 heteroatoms. The van der Waals surface area contributed by atoms with Crippen LogP contribution >= 0.6 is 35.4 Å². The van der Waals surface area contributed by atoms with Crippen LogP contribution < -0.4 is 25.6 Å². The molecule has 0 spiro atoms. The van der Waals surface area contributed by atoms with Gasteiger partial charge in [0.05, 0.1) is 5.02 Å². The molecule has 0 aliphatic rings. The third-order valence-corrected chi connectivity index (χ3v) is 4.96. The third kappa shape index (κ3) is 6.46. The monoisotopic (exact) mass is 491 g/mol. The maximum absolute atomic E-state index is 12.2. The number of nitrogens with one attached hydrogen (secondary N) is 3. The topological polar surface area (TPSA) is 88.7 Å². The number of benzene rings is 3. The van der Waals surface area contributed by atoms with Crippen LogP contribution in [0.25, 0.3) is 10.8 Å². The Labute approximate surface area is 199 Å². The molecule has 1 unspecified atom stereocenters. The minimum atomic E-state index is -0.904. The fourth-order valence-electron chi connectivity index (χ4n) is 2.69. The van der Waals surface area contributed by atoms with Crippen LogP contribution in [0.15, 0.2) is 60.7 Å². The van der Waals surface area contributed by atoms with Gasteiger partial charge in [-0.25, -0.2) is 0 Å². The average molecular weight is 492 g/mol. The molecule has 0 aliphatic heterocycles. The molecule has 0 fully saturated rings. The molecule has 1 atom stereocenters. The molecule has 0 aliphatic carbocycles. The van der Waals surface area contributed by atoms with Crippen molar-refractivity contribution in [3.63, 3.8) is 0 Å². The Balaban J connectivity index is 1.43. The maximum Gasteiger partial charge on any atom is 0.276 e. The van der Waals surface area contributed by atoms with E-state index in [0.717, 1.165) is 10.8 Å². The number of carbonyl (C=O) groups excluding carboxylic acids is 2. The Bertz CT molecular complexity index is 1150. The molecule has 0 bridgehead atoms. The minimum Gasteiger partial charge on any atom is -0.483 e. The molecular formula is C22H19Cl2N3O4S. The zero-order valence-electron chi connectivity index (χ0n) is 16.9. The molecule has 7 nitrogen and oxygen atoms in total. The fraction of sp³-hybridized carbons (Fsp3) is 0.136. The second kappa shape index (κ2) is 11.0. The predicted molar refractivity (Wildman–Crippen MR) is 128 cm³/mol. The van der Waals surface area contributed by atoms with Crippen molar-refractivity contribution in [2.75, 3.05) is 6.61 Å². The molecule has 32 heavy (non-hydrogen) atoms. The van der Waals surface area contributed by atoms with Crippen molar-refractivity contribution in [1.82, 2.24) is 16.2 Å². The fourth-order valence-corrected chi connectivity index (χ4v) is 3.29. The number of ether oxygens (including phenoxy) is 2. The van der Waals surface area contributed by atoms with Gasteiger partial charge in [0, 0.05) is 10.4 Å². The van der Waals surface area contributed by atoms with Crippen LogP contribution in [0.2, 0.25) is 10.0 Å². The van der Waals surface area contributed by atoms with E-state index in [-0.39, 0.29) is 16.7 Å². The van der Waals surface area contributed by atoms with E-state index >= 15 is 0 Å². The highest BCUT2D eigenvalue weighted by Gasteiger charge is 2.18. The van der Waals surface area contributed by atoms with E-state index in [1.54, 1.807) is 18.2 Å². The van der Waals surface area contributed by atoms with Crippen LogP contribution in [-0.4, -0.2) is 29.6 Å². The predicted octanol–water partition coefficient (Wildman–Crippen LogP) is 4.01. The van der Waals surface area contributed by atoms with Gasteiger partial charge in [0.2, 0.25) is 0 Å². The SMILES string of the molecule is CC(Oc1ccc(Cl)cc1Cl)C(=O)NC(=S)NNC(=O)COc1cccc2ccccc12. The Hall–Kier alpha value is -3.07. The molecule has 0 saturated heterocycles. The molecule has 0 saturated carbocycles. The van der Waals surface area contributed by atoms with Crippen LogP contribution in [0.1, 0.15) is 6.92 Å². The van der Waals surface area contributed by atoms with Gasteiger partial charge in [-0.2, -0.15) is 0 Å². The maximum atomic E-state index is 12.2. The summed E-state index contributed by atoms with van der Waals surface area (Å²) in [4.78, 5) is 24.3. The highest BCUT2D eigenvalue weighted by atomic mass is 35.5. The van der Waals surface area contributed by atoms with Crippen molar-refractivity contribution in [3.8, 4) is 11.5 Å². The highest BCUT2D eigenvalue weighted by Crippen LogP contribution is 2.28. The average Bonchev–Trinajstić information content (AvgIpc) is 2.78. The lowest BCUT2D eigenvalue weighted by Crippen LogP contribution is -2.51. The molecule has 3 N–H and O–H groups in total. The Morgan fingerprint density at radius 2 is 1.75 bits per heavy atom. The number of halogens is 2. The summed E-state index contributed by atoms with van der Waals surface area (Å²) in [5.41, 5.74) is 4.81. The minimum absolute atomic E-state index is 0.105. The molecular weight excluding hydrogens is 473 g/mol. The summed E-state index contributed by atoms with van der Waals surface area (Å²) in [6, 6.07) is 17.9. The summed E-state index contributed by atoms with van der Waals surface area (Å²) in [5.74, 6) is -0.126. The number of amides is 2. The number of hydrogen-bond acceptors (Lipinski definition) is 5. The first-order chi connectivity index (χ1) is 15.3. The summed E-state index contributed by atoms with van der Waals surface area (Å²) in [7, 11) is 0. The van der Waals surface area contributed by atoms with E-state index in [2.05, 4.69) is 16.2 Å². The van der Waals surface area contributed by atoms with E-state index in [0.29, 0.717) is 16.5 Å². The summed E-state index contributed by atoms with van der Waals surface area (Å²) >= 11 is 16.9. The summed E-state index contributed by atoms with van der Waals surface area (Å²) < 4.78 is 11.1. The van der Waals surface area contributed by atoms with Crippen LogP contribution in [0, 0.1) is 0 Å². The largest absolute Gasteiger partial charge is 0.483 e. The zero-order valence-corrected chi connectivity index (χ0v) is 19.2. The number of fused-ring (bicyclic) bond motifs is 1. The lowest BCUT2D eigenvalue weighted by Gasteiger charge is -2.17. The molecule has 0 aromatic heterocycles. The van der Waals surface area contributed by atoms with Gasteiger partial charge >= 0.3 is 0 Å². The van der Waals surface area contributed by atoms with E-state index in [1.165, 1.54) is 13.0 Å². The number of hydrazine groups is 1. The van der Waals surface area contributed by atoms with Crippen molar-refractivity contribution >= 4 is 63.1 Å². The van der Waals surface area contributed by atoms with Crippen LogP contribution in [-0.2, 0) is 9.59 Å². The number of carbonyl (C=O) groups is 2. The van der Waals surface area contributed by atoms with Crippen molar-refractivity contribution < 1.29 is 19.1 Å². The number of hydrogen-bond donors (Lipinski definition) is 3. The molecule has 0 heterocycles. The van der Waals surface area contributed by atoms with Crippen LogP contribution in [0.4, 0.5) is 0 Å². The van der Waals surface area contributed by atoms with Crippen molar-refractivity contribution in [3.05, 3.63) is 70.7 Å². The molecule has 2 amide bonds. The van der Waals surface area contributed by atoms with Crippen LogP contribution in [0.5, 0.6) is 11.5 Å². The Morgan fingerprint density at radius 1 is 1.00 bits per heavy atom. The van der Waals surface area contributed by atoms with Gasteiger partial charge < -0.3 is 9.47 Å². The molecule has 166 valence electrons. The standard InChI is InChI=1S/C22H19Cl2N3O4S/c1-13(31-19-10-9-15(23)11-17(19)24)21(29)25-22(32)27-26-20(28)12-30-18-8-4-6-14-5-2-3-7-16(14)18/h2-11,13H,12H2,1H3,(H,26,28)(H2,25,27,29,32). The van der Waals surface area contributed by atoms with Crippen molar-refractivity contribution in [2.45, 2.75) is 13.0 Å². The normalized spacial score (nSPS) is 11.3. The number of thiocarbonyl (C=S) groups is 1. The van der Waals surface area contributed by atoms with Gasteiger partial charge in [0.1, 0.15) is 11.5 Å². The van der Waals surface area contributed by atoms with E-state index in [4.69, 9.17) is 44.9 Å². The molecule has 3 aromatic rings. The summed E-state index contributed by atoms with van der Waals surface area (Å²) in [6.07, 6.45) is -0.904.